The van der Waals surface area contributed by atoms with Crippen LogP contribution in [0.15, 0.2) is 71.8 Å². The number of carbonyl (C=O) groups is 1. The first-order chi connectivity index (χ1) is 15.6. The van der Waals surface area contributed by atoms with Crippen molar-refractivity contribution in [1.29, 1.82) is 0 Å². The van der Waals surface area contributed by atoms with Crippen LogP contribution in [0.5, 0.6) is 0 Å². The molecule has 0 fully saturated rings. The highest BCUT2D eigenvalue weighted by Gasteiger charge is 2.22. The van der Waals surface area contributed by atoms with Gasteiger partial charge in [0, 0.05) is 27.8 Å². The predicted molar refractivity (Wildman–Crippen MR) is 134 cm³/mol. The first-order valence-electron chi connectivity index (χ1n) is 10.6. The van der Waals surface area contributed by atoms with Crippen molar-refractivity contribution in [2.75, 3.05) is 5.32 Å². The molecule has 0 atom stereocenters. The molecule has 7 heteroatoms. The lowest BCUT2D eigenvalue weighted by Crippen LogP contribution is -2.19. The van der Waals surface area contributed by atoms with Gasteiger partial charge in [0.2, 0.25) is 5.91 Å². The number of benzene rings is 3. The molecule has 170 valence electrons. The van der Waals surface area contributed by atoms with E-state index in [1.807, 2.05) is 45.0 Å². The summed E-state index contributed by atoms with van der Waals surface area (Å²) in [6.07, 6.45) is 1.55. The highest BCUT2D eigenvalue weighted by molar-refractivity contribution is 7.90. The third kappa shape index (κ3) is 4.97. The van der Waals surface area contributed by atoms with Crippen molar-refractivity contribution in [1.82, 2.24) is 4.57 Å². The lowest BCUT2D eigenvalue weighted by atomic mass is 10.1. The number of halogens is 1. The second-order valence-electron chi connectivity index (χ2n) is 8.35. The van der Waals surface area contributed by atoms with Crippen molar-refractivity contribution in [2.24, 2.45) is 0 Å². The van der Waals surface area contributed by atoms with Gasteiger partial charge >= 0.3 is 0 Å². The number of hydrogen-bond acceptors (Lipinski definition) is 3. The first-order valence-corrected chi connectivity index (χ1v) is 12.6. The van der Waals surface area contributed by atoms with Crippen LogP contribution in [-0.4, -0.2) is 18.9 Å². The SMILES string of the molecule is Cc1cc(C)c(NC(=O)Cn2cc(S(=O)(=O)Cc3cccc(Cl)c3)c3ccccc32)c(C)c1. The molecule has 0 aliphatic heterocycles. The molecule has 1 heterocycles. The third-order valence-corrected chi connectivity index (χ3v) is 7.53. The van der Waals surface area contributed by atoms with Gasteiger partial charge in [-0.1, -0.05) is 59.6 Å². The number of nitrogens with one attached hydrogen (secondary N) is 1. The lowest BCUT2D eigenvalue weighted by molar-refractivity contribution is -0.116. The van der Waals surface area contributed by atoms with Crippen LogP contribution < -0.4 is 5.32 Å². The van der Waals surface area contributed by atoms with Crippen LogP contribution >= 0.6 is 11.6 Å². The third-order valence-electron chi connectivity index (χ3n) is 5.59. The van der Waals surface area contributed by atoms with Crippen LogP contribution in [0, 0.1) is 20.8 Å². The number of anilines is 1. The summed E-state index contributed by atoms with van der Waals surface area (Å²) in [5, 5.41) is 4.07. The molecule has 0 spiro atoms. The van der Waals surface area contributed by atoms with Gasteiger partial charge in [0.1, 0.15) is 6.54 Å². The van der Waals surface area contributed by atoms with Crippen LogP contribution in [0.4, 0.5) is 5.69 Å². The summed E-state index contributed by atoms with van der Waals surface area (Å²) >= 11 is 6.03. The fourth-order valence-corrected chi connectivity index (χ4v) is 6.01. The summed E-state index contributed by atoms with van der Waals surface area (Å²) in [7, 11) is -3.66. The van der Waals surface area contributed by atoms with Crippen LogP contribution in [0.2, 0.25) is 5.02 Å². The van der Waals surface area contributed by atoms with Crippen LogP contribution in [-0.2, 0) is 26.9 Å². The average Bonchev–Trinajstić information content (AvgIpc) is 3.10. The number of aryl methyl sites for hydroxylation is 3. The molecule has 33 heavy (non-hydrogen) atoms. The molecular formula is C26H25ClN2O3S. The number of hydrogen-bond donors (Lipinski definition) is 1. The summed E-state index contributed by atoms with van der Waals surface area (Å²) in [6, 6.07) is 18.1. The van der Waals surface area contributed by atoms with Crippen molar-refractivity contribution in [3.63, 3.8) is 0 Å². The summed E-state index contributed by atoms with van der Waals surface area (Å²) in [6.45, 7) is 5.94. The topological polar surface area (TPSA) is 68.2 Å². The number of aromatic nitrogens is 1. The van der Waals surface area contributed by atoms with Gasteiger partial charge in [0.05, 0.1) is 10.6 Å². The molecule has 1 aromatic heterocycles. The normalized spacial score (nSPS) is 11.6. The molecule has 1 N–H and O–H groups in total. The number of sulfone groups is 1. The minimum absolute atomic E-state index is 0.0000447. The lowest BCUT2D eigenvalue weighted by Gasteiger charge is -2.13. The molecule has 0 unspecified atom stereocenters. The van der Waals surface area contributed by atoms with Gasteiger partial charge in [-0.15, -0.1) is 0 Å². The van der Waals surface area contributed by atoms with E-state index >= 15 is 0 Å². The standard InChI is InChI=1S/C26H25ClN2O3S/c1-17-11-18(2)26(19(3)12-17)28-25(30)15-29-14-24(22-9-4-5-10-23(22)29)33(31,32)16-20-7-6-8-21(27)13-20/h4-14H,15-16H2,1-3H3,(H,28,30). The Hall–Kier alpha value is -3.09. The van der Waals surface area contributed by atoms with Crippen LogP contribution in [0.3, 0.4) is 0 Å². The Balaban J connectivity index is 1.66. The zero-order valence-corrected chi connectivity index (χ0v) is 20.3. The maximum atomic E-state index is 13.3. The molecule has 1 amide bonds. The molecule has 5 nitrogen and oxygen atoms in total. The van der Waals surface area contributed by atoms with Crippen molar-refractivity contribution < 1.29 is 13.2 Å². The van der Waals surface area contributed by atoms with E-state index < -0.39 is 9.84 Å². The fourth-order valence-electron chi connectivity index (χ4n) is 4.23. The summed E-state index contributed by atoms with van der Waals surface area (Å²) in [5.74, 6) is -0.389. The second kappa shape index (κ2) is 9.04. The summed E-state index contributed by atoms with van der Waals surface area (Å²) in [4.78, 5) is 13.1. The zero-order chi connectivity index (χ0) is 23.8. The zero-order valence-electron chi connectivity index (χ0n) is 18.7. The van der Waals surface area contributed by atoms with Gasteiger partial charge in [-0.25, -0.2) is 8.42 Å². The Kier molecular flexibility index (Phi) is 6.32. The van der Waals surface area contributed by atoms with Gasteiger partial charge in [-0.3, -0.25) is 4.79 Å². The smallest absolute Gasteiger partial charge is 0.244 e. The molecular weight excluding hydrogens is 456 g/mol. The van der Waals surface area contributed by atoms with Crippen molar-refractivity contribution in [2.45, 2.75) is 38.0 Å². The number of fused-ring (bicyclic) bond motifs is 1. The Morgan fingerprint density at radius 2 is 1.67 bits per heavy atom. The number of amides is 1. The van der Waals surface area contributed by atoms with E-state index in [1.54, 1.807) is 47.2 Å². The summed E-state index contributed by atoms with van der Waals surface area (Å²) < 4.78 is 28.3. The Morgan fingerprint density at radius 1 is 0.970 bits per heavy atom. The largest absolute Gasteiger partial charge is 0.337 e. The van der Waals surface area contributed by atoms with E-state index in [2.05, 4.69) is 5.32 Å². The molecule has 0 saturated heterocycles. The number of carbonyl (C=O) groups excluding carboxylic acids is 1. The monoisotopic (exact) mass is 480 g/mol. The van der Waals surface area contributed by atoms with Gasteiger partial charge < -0.3 is 9.88 Å². The Bertz CT molecular complexity index is 1450. The van der Waals surface area contributed by atoms with E-state index in [4.69, 9.17) is 11.6 Å². The first kappa shape index (κ1) is 23.1. The van der Waals surface area contributed by atoms with Gasteiger partial charge in [-0.2, -0.15) is 0 Å². The van der Waals surface area contributed by atoms with Gasteiger partial charge in [-0.05, 0) is 55.7 Å². The second-order valence-corrected chi connectivity index (χ2v) is 10.7. The number of nitrogens with zero attached hydrogens (tertiary/aromatic N) is 1. The molecule has 0 bridgehead atoms. The maximum Gasteiger partial charge on any atom is 0.244 e. The average molecular weight is 481 g/mol. The van der Waals surface area contributed by atoms with Gasteiger partial charge in [0.25, 0.3) is 0 Å². The minimum Gasteiger partial charge on any atom is -0.337 e. The molecule has 4 rings (SSSR count). The molecule has 0 radical (unpaired) electrons. The highest BCUT2D eigenvalue weighted by Crippen LogP contribution is 2.29. The van der Waals surface area contributed by atoms with Crippen molar-refractivity contribution in [3.8, 4) is 0 Å². The number of rotatable bonds is 6. The van der Waals surface area contributed by atoms with E-state index in [-0.39, 0.29) is 23.1 Å². The summed E-state index contributed by atoms with van der Waals surface area (Å²) in [5.41, 5.74) is 5.20. The van der Waals surface area contributed by atoms with E-state index in [9.17, 15) is 13.2 Å². The number of para-hydroxylation sites is 1. The van der Waals surface area contributed by atoms with E-state index in [1.165, 1.54) is 0 Å². The maximum absolute atomic E-state index is 13.3. The van der Waals surface area contributed by atoms with E-state index in [0.717, 1.165) is 22.4 Å². The molecule has 0 aliphatic carbocycles. The molecule has 0 saturated carbocycles. The van der Waals surface area contributed by atoms with Crippen LogP contribution in [0.25, 0.3) is 10.9 Å². The quantitative estimate of drug-likeness (QED) is 0.377. The predicted octanol–water partition coefficient (Wildman–Crippen LogP) is 5.83. The van der Waals surface area contributed by atoms with E-state index in [0.29, 0.717) is 21.5 Å². The Labute approximate surface area is 198 Å². The minimum atomic E-state index is -3.66. The van der Waals surface area contributed by atoms with Crippen molar-refractivity contribution in [3.05, 3.63) is 94.1 Å². The molecule has 3 aromatic carbocycles. The van der Waals surface area contributed by atoms with Gasteiger partial charge in [0.15, 0.2) is 9.84 Å². The Morgan fingerprint density at radius 3 is 2.36 bits per heavy atom. The fraction of sp³-hybridized carbons (Fsp3) is 0.192. The highest BCUT2D eigenvalue weighted by atomic mass is 35.5. The van der Waals surface area contributed by atoms with Crippen molar-refractivity contribution >= 4 is 43.9 Å². The molecule has 0 aliphatic rings. The molecule has 4 aromatic rings. The van der Waals surface area contributed by atoms with Crippen LogP contribution in [0.1, 0.15) is 22.3 Å².